The molecule has 3 rings (SSSR count). The van der Waals surface area contributed by atoms with E-state index in [0.717, 1.165) is 45.2 Å². The molecule has 1 amide bonds. The van der Waals surface area contributed by atoms with Crippen LogP contribution in [0, 0.1) is 0 Å². The zero-order valence-corrected chi connectivity index (χ0v) is 15.4. The molecule has 1 aromatic carbocycles. The molecule has 1 saturated heterocycles. The van der Waals surface area contributed by atoms with Crippen molar-refractivity contribution in [3.05, 3.63) is 30.3 Å². The van der Waals surface area contributed by atoms with Crippen molar-refractivity contribution < 1.29 is 13.2 Å². The third-order valence-electron chi connectivity index (χ3n) is 5.09. The van der Waals surface area contributed by atoms with Gasteiger partial charge < -0.3 is 10.2 Å². The number of rotatable bonds is 5. The van der Waals surface area contributed by atoms with Crippen LogP contribution in [-0.2, 0) is 14.8 Å². The Morgan fingerprint density at radius 3 is 2.36 bits per heavy atom. The fourth-order valence-electron chi connectivity index (χ4n) is 3.65. The molecule has 7 heteroatoms. The Morgan fingerprint density at radius 1 is 1.08 bits per heavy atom. The maximum atomic E-state index is 13.2. The average Bonchev–Trinajstić information content (AvgIpc) is 2.68. The summed E-state index contributed by atoms with van der Waals surface area (Å²) >= 11 is 0. The summed E-state index contributed by atoms with van der Waals surface area (Å²) in [7, 11) is -3.66. The Kier molecular flexibility index (Phi) is 6.09. The van der Waals surface area contributed by atoms with Crippen LogP contribution in [0.3, 0.4) is 0 Å². The van der Waals surface area contributed by atoms with Gasteiger partial charge in [0.05, 0.1) is 11.4 Å². The summed E-state index contributed by atoms with van der Waals surface area (Å²) in [6.45, 7) is 2.76. The molecule has 1 heterocycles. The van der Waals surface area contributed by atoms with E-state index in [1.165, 1.54) is 4.31 Å². The molecule has 0 atom stereocenters. The van der Waals surface area contributed by atoms with E-state index in [9.17, 15) is 13.2 Å². The average molecular weight is 365 g/mol. The Hall–Kier alpha value is -1.44. The van der Waals surface area contributed by atoms with E-state index in [1.54, 1.807) is 35.2 Å². The third kappa shape index (κ3) is 4.40. The first-order chi connectivity index (χ1) is 12.1. The highest BCUT2D eigenvalue weighted by Gasteiger charge is 2.35. The number of nitrogens with one attached hydrogen (secondary N) is 1. The van der Waals surface area contributed by atoms with Gasteiger partial charge in [0.15, 0.2) is 0 Å². The summed E-state index contributed by atoms with van der Waals surface area (Å²) < 4.78 is 27.8. The number of hydrogen-bond acceptors (Lipinski definition) is 4. The van der Waals surface area contributed by atoms with Gasteiger partial charge >= 0.3 is 0 Å². The highest BCUT2D eigenvalue weighted by atomic mass is 32.2. The van der Waals surface area contributed by atoms with Crippen molar-refractivity contribution in [2.45, 2.75) is 43.0 Å². The molecule has 1 aliphatic heterocycles. The monoisotopic (exact) mass is 365 g/mol. The van der Waals surface area contributed by atoms with Crippen molar-refractivity contribution in [3.63, 3.8) is 0 Å². The van der Waals surface area contributed by atoms with Crippen LogP contribution < -0.4 is 5.32 Å². The number of amides is 1. The summed E-state index contributed by atoms with van der Waals surface area (Å²) in [5.74, 6) is -0.0911. The van der Waals surface area contributed by atoms with Gasteiger partial charge in [-0.15, -0.1) is 0 Å². The molecule has 1 N–H and O–H groups in total. The highest BCUT2D eigenvalue weighted by molar-refractivity contribution is 7.89. The van der Waals surface area contributed by atoms with Gasteiger partial charge in [0, 0.05) is 32.2 Å². The van der Waals surface area contributed by atoms with Crippen LogP contribution in [0.1, 0.15) is 32.1 Å². The molecule has 0 spiro atoms. The maximum Gasteiger partial charge on any atom is 0.243 e. The molecule has 0 bridgehead atoms. The normalized spacial score (nSPS) is 20.0. The van der Waals surface area contributed by atoms with E-state index in [4.69, 9.17) is 0 Å². The van der Waals surface area contributed by atoms with Crippen LogP contribution in [0.15, 0.2) is 35.2 Å². The van der Waals surface area contributed by atoms with Crippen LogP contribution in [0.25, 0.3) is 0 Å². The first kappa shape index (κ1) is 18.4. The fourth-order valence-corrected chi connectivity index (χ4v) is 5.31. The minimum Gasteiger partial charge on any atom is -0.339 e. The van der Waals surface area contributed by atoms with Crippen LogP contribution in [0.5, 0.6) is 0 Å². The Labute approximate surface area is 150 Å². The van der Waals surface area contributed by atoms with Gasteiger partial charge in [-0.05, 0) is 25.0 Å². The number of carbonyl (C=O) groups is 1. The zero-order valence-electron chi connectivity index (χ0n) is 14.6. The first-order valence-electron chi connectivity index (χ1n) is 9.14. The van der Waals surface area contributed by atoms with Crippen molar-refractivity contribution in [1.29, 1.82) is 0 Å². The van der Waals surface area contributed by atoms with E-state index >= 15 is 0 Å². The number of benzene rings is 1. The topological polar surface area (TPSA) is 69.7 Å². The van der Waals surface area contributed by atoms with Crippen molar-refractivity contribution in [3.8, 4) is 0 Å². The van der Waals surface area contributed by atoms with Gasteiger partial charge in [-0.25, -0.2) is 8.42 Å². The summed E-state index contributed by atoms with van der Waals surface area (Å²) in [6, 6.07) is 8.40. The van der Waals surface area contributed by atoms with Gasteiger partial charge in [-0.3, -0.25) is 4.79 Å². The third-order valence-corrected chi connectivity index (χ3v) is 7.01. The number of piperazine rings is 1. The largest absolute Gasteiger partial charge is 0.339 e. The molecule has 0 radical (unpaired) electrons. The van der Waals surface area contributed by atoms with E-state index in [2.05, 4.69) is 5.32 Å². The summed E-state index contributed by atoms with van der Waals surface area (Å²) in [6.07, 6.45) is 4.85. The van der Waals surface area contributed by atoms with Crippen molar-refractivity contribution >= 4 is 15.9 Å². The quantitative estimate of drug-likeness (QED) is 0.857. The van der Waals surface area contributed by atoms with E-state index in [-0.39, 0.29) is 23.4 Å². The number of nitrogens with zero attached hydrogens (tertiary/aromatic N) is 2. The van der Waals surface area contributed by atoms with Crippen LogP contribution >= 0.6 is 0 Å². The molecule has 2 aliphatic rings. The van der Waals surface area contributed by atoms with Gasteiger partial charge in [0.2, 0.25) is 15.9 Å². The summed E-state index contributed by atoms with van der Waals surface area (Å²) in [4.78, 5) is 14.8. The van der Waals surface area contributed by atoms with Crippen LogP contribution in [0.2, 0.25) is 0 Å². The Morgan fingerprint density at radius 2 is 1.72 bits per heavy atom. The van der Waals surface area contributed by atoms with E-state index < -0.39 is 10.0 Å². The lowest BCUT2D eigenvalue weighted by Gasteiger charge is -2.35. The number of sulfonamides is 1. The zero-order chi connectivity index (χ0) is 17.7. The summed E-state index contributed by atoms with van der Waals surface area (Å²) in [5, 5.41) is 3.22. The molecule has 138 valence electrons. The highest BCUT2D eigenvalue weighted by Crippen LogP contribution is 2.27. The molecule has 0 aromatic heterocycles. The summed E-state index contributed by atoms with van der Waals surface area (Å²) in [5.41, 5.74) is 0. The SMILES string of the molecule is O=C(CN(C1CCCCC1)S(=O)(=O)c1ccccc1)N1CCNCC1. The Balaban J connectivity index is 1.83. The molecule has 1 aromatic rings. The molecule has 2 fully saturated rings. The fraction of sp³-hybridized carbons (Fsp3) is 0.611. The molecule has 6 nitrogen and oxygen atoms in total. The molecule has 1 saturated carbocycles. The van der Waals surface area contributed by atoms with Crippen molar-refractivity contribution in [1.82, 2.24) is 14.5 Å². The molecule has 0 unspecified atom stereocenters. The van der Waals surface area contributed by atoms with Gasteiger partial charge in [0.25, 0.3) is 0 Å². The second-order valence-electron chi connectivity index (χ2n) is 6.79. The van der Waals surface area contributed by atoms with E-state index in [0.29, 0.717) is 13.1 Å². The molecular formula is C18H27N3O3S. The van der Waals surface area contributed by atoms with Crippen LogP contribution in [0.4, 0.5) is 0 Å². The smallest absolute Gasteiger partial charge is 0.243 e. The minimum absolute atomic E-state index is 0.0537. The standard InChI is InChI=1S/C18H27N3O3S/c22-18(20-13-11-19-12-14-20)15-21(16-7-3-1-4-8-16)25(23,24)17-9-5-2-6-10-17/h2,5-6,9-10,16,19H,1,3-4,7-8,11-15H2. The first-order valence-corrected chi connectivity index (χ1v) is 10.6. The number of carbonyl (C=O) groups excluding carboxylic acids is 1. The second-order valence-corrected chi connectivity index (χ2v) is 8.68. The van der Waals surface area contributed by atoms with Gasteiger partial charge in [-0.2, -0.15) is 4.31 Å². The van der Waals surface area contributed by atoms with Crippen molar-refractivity contribution in [2.75, 3.05) is 32.7 Å². The molecule has 25 heavy (non-hydrogen) atoms. The molecular weight excluding hydrogens is 338 g/mol. The van der Waals surface area contributed by atoms with Gasteiger partial charge in [0.1, 0.15) is 0 Å². The molecule has 1 aliphatic carbocycles. The predicted octanol–water partition coefficient (Wildman–Crippen LogP) is 1.44. The predicted molar refractivity (Wildman–Crippen MR) is 96.7 cm³/mol. The maximum absolute atomic E-state index is 13.2. The minimum atomic E-state index is -3.66. The lowest BCUT2D eigenvalue weighted by atomic mass is 9.95. The van der Waals surface area contributed by atoms with Gasteiger partial charge in [-0.1, -0.05) is 37.5 Å². The second kappa shape index (κ2) is 8.29. The Bertz CT molecular complexity index is 666. The lowest BCUT2D eigenvalue weighted by molar-refractivity contribution is -0.132. The van der Waals surface area contributed by atoms with Crippen LogP contribution in [-0.4, -0.2) is 62.3 Å². The number of hydrogen-bond donors (Lipinski definition) is 1. The lowest BCUT2D eigenvalue weighted by Crippen LogP contribution is -2.52. The van der Waals surface area contributed by atoms with Crippen molar-refractivity contribution in [2.24, 2.45) is 0 Å². The van der Waals surface area contributed by atoms with E-state index in [1.807, 2.05) is 0 Å².